The van der Waals surface area contributed by atoms with Crippen LogP contribution in [0.25, 0.3) is 0 Å². The van der Waals surface area contributed by atoms with Crippen molar-refractivity contribution in [2.24, 2.45) is 0 Å². The van der Waals surface area contributed by atoms with Crippen molar-refractivity contribution in [3.63, 3.8) is 0 Å². The van der Waals surface area contributed by atoms with Crippen molar-refractivity contribution in [2.45, 2.75) is 46.6 Å². The van der Waals surface area contributed by atoms with Crippen LogP contribution in [0.1, 0.15) is 45.1 Å². The Morgan fingerprint density at radius 2 is 1.86 bits per heavy atom. The lowest BCUT2D eigenvalue weighted by Crippen LogP contribution is -2.09. The predicted octanol–water partition coefficient (Wildman–Crippen LogP) is 2.70. The van der Waals surface area contributed by atoms with Crippen LogP contribution in [-0.2, 0) is 0 Å². The van der Waals surface area contributed by atoms with Crippen LogP contribution in [0, 0.1) is 6.92 Å². The van der Waals surface area contributed by atoms with E-state index in [-0.39, 0.29) is 6.10 Å². The van der Waals surface area contributed by atoms with Crippen molar-refractivity contribution in [1.29, 1.82) is 0 Å². The van der Waals surface area contributed by atoms with Gasteiger partial charge in [-0.15, -0.1) is 0 Å². The SMILES string of the molecule is Cc1nc(C(C)C)ncc1OC(C)C. The third-order valence-electron chi connectivity index (χ3n) is 1.83. The molecule has 0 saturated heterocycles. The van der Waals surface area contributed by atoms with Crippen LogP contribution in [0.2, 0.25) is 0 Å². The summed E-state index contributed by atoms with van der Waals surface area (Å²) in [6, 6.07) is 0. The second kappa shape index (κ2) is 4.40. The maximum absolute atomic E-state index is 5.55. The Morgan fingerprint density at radius 3 is 2.29 bits per heavy atom. The highest BCUT2D eigenvalue weighted by atomic mass is 16.5. The molecule has 14 heavy (non-hydrogen) atoms. The van der Waals surface area contributed by atoms with Crippen LogP contribution in [0.15, 0.2) is 6.20 Å². The van der Waals surface area contributed by atoms with Gasteiger partial charge in [0.25, 0.3) is 0 Å². The monoisotopic (exact) mass is 194 g/mol. The minimum Gasteiger partial charge on any atom is -0.487 e. The van der Waals surface area contributed by atoms with E-state index in [1.54, 1.807) is 6.20 Å². The van der Waals surface area contributed by atoms with Crippen molar-refractivity contribution < 1.29 is 4.74 Å². The molecule has 0 aliphatic rings. The fraction of sp³-hybridized carbons (Fsp3) is 0.636. The molecule has 0 radical (unpaired) electrons. The molecule has 0 fully saturated rings. The number of ether oxygens (including phenoxy) is 1. The van der Waals surface area contributed by atoms with E-state index in [9.17, 15) is 0 Å². The average Bonchev–Trinajstić information content (AvgIpc) is 2.07. The van der Waals surface area contributed by atoms with E-state index in [1.807, 2.05) is 20.8 Å². The van der Waals surface area contributed by atoms with Gasteiger partial charge in [-0.25, -0.2) is 9.97 Å². The molecule has 0 spiro atoms. The average molecular weight is 194 g/mol. The van der Waals surface area contributed by atoms with Gasteiger partial charge >= 0.3 is 0 Å². The molecule has 78 valence electrons. The highest BCUT2D eigenvalue weighted by molar-refractivity contribution is 5.24. The molecule has 0 saturated carbocycles. The predicted molar refractivity (Wildman–Crippen MR) is 56.6 cm³/mol. The summed E-state index contributed by atoms with van der Waals surface area (Å²) >= 11 is 0. The molecule has 1 heterocycles. The topological polar surface area (TPSA) is 35.0 Å². The van der Waals surface area contributed by atoms with E-state index in [4.69, 9.17) is 4.74 Å². The van der Waals surface area contributed by atoms with E-state index >= 15 is 0 Å². The minimum absolute atomic E-state index is 0.169. The molecule has 1 aromatic rings. The zero-order valence-corrected chi connectivity index (χ0v) is 9.53. The maximum Gasteiger partial charge on any atom is 0.159 e. The Kier molecular flexibility index (Phi) is 3.44. The summed E-state index contributed by atoms with van der Waals surface area (Å²) in [4.78, 5) is 8.65. The highest BCUT2D eigenvalue weighted by Gasteiger charge is 2.08. The number of aryl methyl sites for hydroxylation is 1. The molecule has 0 bridgehead atoms. The van der Waals surface area contributed by atoms with Crippen LogP contribution in [0.5, 0.6) is 5.75 Å². The van der Waals surface area contributed by atoms with E-state index in [1.165, 1.54) is 0 Å². The van der Waals surface area contributed by atoms with Gasteiger partial charge in [-0.3, -0.25) is 0 Å². The van der Waals surface area contributed by atoms with Crippen LogP contribution < -0.4 is 4.74 Å². The van der Waals surface area contributed by atoms with Crippen molar-refractivity contribution in [3.8, 4) is 5.75 Å². The van der Waals surface area contributed by atoms with Crippen LogP contribution in [0.4, 0.5) is 0 Å². The fourth-order valence-corrected chi connectivity index (χ4v) is 1.12. The molecule has 0 unspecified atom stereocenters. The summed E-state index contributed by atoms with van der Waals surface area (Å²) in [7, 11) is 0. The van der Waals surface area contributed by atoms with Crippen LogP contribution in [0.3, 0.4) is 0 Å². The zero-order chi connectivity index (χ0) is 10.7. The minimum atomic E-state index is 0.169. The van der Waals surface area contributed by atoms with Crippen molar-refractivity contribution in [1.82, 2.24) is 9.97 Å². The van der Waals surface area contributed by atoms with Crippen LogP contribution >= 0.6 is 0 Å². The third kappa shape index (κ3) is 2.69. The van der Waals surface area contributed by atoms with Gasteiger partial charge in [-0.2, -0.15) is 0 Å². The summed E-state index contributed by atoms with van der Waals surface area (Å²) in [5.74, 6) is 2.02. The van der Waals surface area contributed by atoms with Gasteiger partial charge < -0.3 is 4.74 Å². The van der Waals surface area contributed by atoms with Crippen molar-refractivity contribution in [2.75, 3.05) is 0 Å². The largest absolute Gasteiger partial charge is 0.487 e. The van der Waals surface area contributed by atoms with Gasteiger partial charge in [0.05, 0.1) is 18.0 Å². The number of hydrogen-bond acceptors (Lipinski definition) is 3. The Morgan fingerprint density at radius 1 is 1.21 bits per heavy atom. The third-order valence-corrected chi connectivity index (χ3v) is 1.83. The van der Waals surface area contributed by atoms with E-state index < -0.39 is 0 Å². The number of aromatic nitrogens is 2. The Bertz CT molecular complexity index is 308. The lowest BCUT2D eigenvalue weighted by atomic mass is 10.2. The van der Waals surface area contributed by atoms with Gasteiger partial charge in [-0.05, 0) is 20.8 Å². The first-order chi connectivity index (χ1) is 6.50. The molecule has 0 amide bonds. The first-order valence-corrected chi connectivity index (χ1v) is 5.01. The summed E-state index contributed by atoms with van der Waals surface area (Å²) < 4.78 is 5.55. The van der Waals surface area contributed by atoms with E-state index in [0.717, 1.165) is 17.3 Å². The van der Waals surface area contributed by atoms with E-state index in [2.05, 4.69) is 23.8 Å². The molecular weight excluding hydrogens is 176 g/mol. The molecule has 3 heteroatoms. The molecule has 1 rings (SSSR count). The van der Waals surface area contributed by atoms with Gasteiger partial charge in [-0.1, -0.05) is 13.8 Å². The molecule has 0 aromatic carbocycles. The first kappa shape index (κ1) is 11.0. The van der Waals surface area contributed by atoms with Crippen molar-refractivity contribution >= 4 is 0 Å². The Balaban J connectivity index is 2.90. The molecule has 0 aliphatic carbocycles. The fourth-order valence-electron chi connectivity index (χ4n) is 1.12. The first-order valence-electron chi connectivity index (χ1n) is 5.01. The molecule has 0 aliphatic heterocycles. The van der Waals surface area contributed by atoms with Crippen molar-refractivity contribution in [3.05, 3.63) is 17.7 Å². The number of hydrogen-bond donors (Lipinski definition) is 0. The summed E-state index contributed by atoms with van der Waals surface area (Å²) in [6.07, 6.45) is 1.93. The normalized spacial score (nSPS) is 11.1. The smallest absolute Gasteiger partial charge is 0.159 e. The maximum atomic E-state index is 5.55. The van der Waals surface area contributed by atoms with Gasteiger partial charge in [0.2, 0.25) is 0 Å². The Hall–Kier alpha value is -1.12. The van der Waals surface area contributed by atoms with Gasteiger partial charge in [0.1, 0.15) is 5.82 Å². The second-order valence-electron chi connectivity index (χ2n) is 4.00. The van der Waals surface area contributed by atoms with Gasteiger partial charge in [0, 0.05) is 5.92 Å². The molecule has 0 N–H and O–H groups in total. The Labute approximate surface area is 85.5 Å². The standard InChI is InChI=1S/C11H18N2O/c1-7(2)11-12-6-10(9(5)13-11)14-8(3)4/h6-8H,1-5H3. The molecule has 3 nitrogen and oxygen atoms in total. The second-order valence-corrected chi connectivity index (χ2v) is 4.00. The molecule has 1 aromatic heterocycles. The number of nitrogens with zero attached hydrogens (tertiary/aromatic N) is 2. The quantitative estimate of drug-likeness (QED) is 0.742. The number of rotatable bonds is 3. The lowest BCUT2D eigenvalue weighted by Gasteiger charge is -2.12. The highest BCUT2D eigenvalue weighted by Crippen LogP contribution is 2.18. The van der Waals surface area contributed by atoms with Gasteiger partial charge in [0.15, 0.2) is 5.75 Å². The zero-order valence-electron chi connectivity index (χ0n) is 9.53. The van der Waals surface area contributed by atoms with Crippen LogP contribution in [-0.4, -0.2) is 16.1 Å². The summed E-state index contributed by atoms with van der Waals surface area (Å²) in [6.45, 7) is 10.1. The summed E-state index contributed by atoms with van der Waals surface area (Å²) in [5, 5.41) is 0. The molecule has 0 atom stereocenters. The molecular formula is C11H18N2O. The lowest BCUT2D eigenvalue weighted by molar-refractivity contribution is 0.238. The van der Waals surface area contributed by atoms with E-state index in [0.29, 0.717) is 5.92 Å². The summed E-state index contributed by atoms with van der Waals surface area (Å²) in [5.41, 5.74) is 0.914.